The van der Waals surface area contributed by atoms with E-state index in [4.69, 9.17) is 12.6 Å². The van der Waals surface area contributed by atoms with E-state index < -0.39 is 10.6 Å². The molecular weight excluding hydrogens is 212 g/mol. The number of rotatable bonds is 0. The lowest BCUT2D eigenvalue weighted by atomic mass is 10.1. The third-order valence-electron chi connectivity index (χ3n) is 1.90. The third kappa shape index (κ3) is 3.91. The normalized spacial score (nSPS) is 9.13. The van der Waals surface area contributed by atoms with Crippen LogP contribution in [0.2, 0.25) is 0 Å². The van der Waals surface area contributed by atoms with E-state index in [9.17, 15) is 0 Å². The first kappa shape index (κ1) is 11.4. The molecular formula is C11H10O3S. The summed E-state index contributed by atoms with van der Waals surface area (Å²) >= 11 is 0. The summed E-state index contributed by atoms with van der Waals surface area (Å²) in [6, 6.07) is 14.9. The summed E-state index contributed by atoms with van der Waals surface area (Å²) in [7, 11) is -3.11. The average Bonchev–Trinajstić information content (AvgIpc) is 2.16. The summed E-state index contributed by atoms with van der Waals surface area (Å²) in [6.45, 7) is 2.12. The van der Waals surface area contributed by atoms with Gasteiger partial charge in [0.2, 0.25) is 0 Å². The molecule has 2 aromatic rings. The highest BCUT2D eigenvalue weighted by molar-refractivity contribution is 7.59. The first-order valence-corrected chi connectivity index (χ1v) is 5.32. The van der Waals surface area contributed by atoms with Gasteiger partial charge in [0.15, 0.2) is 0 Å². The quantitative estimate of drug-likeness (QED) is 0.686. The van der Waals surface area contributed by atoms with E-state index in [0.29, 0.717) is 0 Å². The molecule has 2 aromatic carbocycles. The predicted octanol–water partition coefficient (Wildman–Crippen LogP) is 2.14. The second-order valence-corrected chi connectivity index (χ2v) is 3.46. The summed E-state index contributed by atoms with van der Waals surface area (Å²) in [5.41, 5.74) is 1.32. The fraction of sp³-hybridized carbons (Fsp3) is 0.0909. The van der Waals surface area contributed by atoms with Crippen LogP contribution in [0.4, 0.5) is 0 Å². The fourth-order valence-electron chi connectivity index (χ4n) is 1.31. The smallest absolute Gasteiger partial charge is 0.142 e. The van der Waals surface area contributed by atoms with Gasteiger partial charge in [-0.3, -0.25) is 0 Å². The van der Waals surface area contributed by atoms with Crippen LogP contribution in [-0.4, -0.2) is 12.6 Å². The maximum absolute atomic E-state index is 8.44. The average molecular weight is 222 g/mol. The van der Waals surface area contributed by atoms with Crippen LogP contribution in [0.15, 0.2) is 42.5 Å². The van der Waals surface area contributed by atoms with E-state index in [0.717, 1.165) is 0 Å². The number of hydrogen-bond acceptors (Lipinski definition) is 3. The zero-order valence-corrected chi connectivity index (χ0v) is 8.99. The Morgan fingerprint density at radius 3 is 2.00 bits per heavy atom. The van der Waals surface area contributed by atoms with Gasteiger partial charge in [-0.2, -0.15) is 0 Å². The molecule has 0 fully saturated rings. The van der Waals surface area contributed by atoms with Crippen LogP contribution in [0, 0.1) is 6.92 Å². The van der Waals surface area contributed by atoms with Crippen LogP contribution in [0.3, 0.4) is 0 Å². The Bertz CT molecular complexity index is 551. The standard InChI is InChI=1S/C11H10.O3S/c1-9-6-7-10-4-2-3-5-11(10)8-9;1-4(2)3/h2-8H,1H3;. The fourth-order valence-corrected chi connectivity index (χ4v) is 1.31. The minimum Gasteiger partial charge on any atom is -0.142 e. The van der Waals surface area contributed by atoms with Gasteiger partial charge in [0, 0.05) is 0 Å². The molecule has 0 amide bonds. The molecule has 0 saturated carbocycles. The van der Waals surface area contributed by atoms with Crippen molar-refractivity contribution in [3.05, 3.63) is 48.0 Å². The largest absolute Gasteiger partial charge is 0.425 e. The van der Waals surface area contributed by atoms with E-state index in [1.54, 1.807) is 0 Å². The van der Waals surface area contributed by atoms with Crippen LogP contribution in [0.1, 0.15) is 5.56 Å². The van der Waals surface area contributed by atoms with Gasteiger partial charge in [-0.1, -0.05) is 48.0 Å². The monoisotopic (exact) mass is 222 g/mol. The van der Waals surface area contributed by atoms with Gasteiger partial charge in [0.25, 0.3) is 0 Å². The number of hydrogen-bond donors (Lipinski definition) is 0. The van der Waals surface area contributed by atoms with Crippen molar-refractivity contribution in [3.8, 4) is 0 Å². The molecule has 15 heavy (non-hydrogen) atoms. The molecule has 4 heteroatoms. The van der Waals surface area contributed by atoms with Gasteiger partial charge in [-0.15, -0.1) is 12.6 Å². The van der Waals surface area contributed by atoms with E-state index in [1.807, 2.05) is 0 Å². The molecule has 0 radical (unpaired) electrons. The van der Waals surface area contributed by atoms with Gasteiger partial charge in [0.1, 0.15) is 0 Å². The summed E-state index contributed by atoms with van der Waals surface area (Å²) in [6.07, 6.45) is 0. The summed E-state index contributed by atoms with van der Waals surface area (Å²) in [5, 5.41) is 2.64. The van der Waals surface area contributed by atoms with Crippen LogP contribution in [-0.2, 0) is 10.6 Å². The Balaban J connectivity index is 0.000000245. The maximum atomic E-state index is 8.44. The number of fused-ring (bicyclic) bond motifs is 1. The first-order valence-electron chi connectivity index (χ1n) is 4.32. The van der Waals surface area contributed by atoms with Gasteiger partial charge in [0.05, 0.1) is 0 Å². The summed E-state index contributed by atoms with van der Waals surface area (Å²) in [5.74, 6) is 0. The molecule has 0 aromatic heterocycles. The summed E-state index contributed by atoms with van der Waals surface area (Å²) in [4.78, 5) is 0. The van der Waals surface area contributed by atoms with Crippen LogP contribution >= 0.6 is 0 Å². The SMILES string of the molecule is Cc1ccc2ccccc2c1.O=S(=O)=O. The van der Waals surface area contributed by atoms with E-state index in [2.05, 4.69) is 49.4 Å². The summed E-state index contributed by atoms with van der Waals surface area (Å²) < 4.78 is 25.3. The molecule has 78 valence electrons. The number of benzene rings is 2. The highest BCUT2D eigenvalue weighted by Gasteiger charge is 1.89. The predicted molar refractivity (Wildman–Crippen MR) is 58.4 cm³/mol. The van der Waals surface area contributed by atoms with E-state index in [1.165, 1.54) is 16.3 Å². The van der Waals surface area contributed by atoms with Crippen LogP contribution < -0.4 is 0 Å². The van der Waals surface area contributed by atoms with Gasteiger partial charge in [-0.05, 0) is 17.7 Å². The third-order valence-corrected chi connectivity index (χ3v) is 1.90. The van der Waals surface area contributed by atoms with Crippen molar-refractivity contribution in [3.63, 3.8) is 0 Å². The lowest BCUT2D eigenvalue weighted by Gasteiger charge is -1.96. The molecule has 0 unspecified atom stereocenters. The highest BCUT2D eigenvalue weighted by atomic mass is 32.2. The molecule has 0 bridgehead atoms. The van der Waals surface area contributed by atoms with Gasteiger partial charge >= 0.3 is 10.6 Å². The molecule has 0 spiro atoms. The Morgan fingerprint density at radius 2 is 1.40 bits per heavy atom. The maximum Gasteiger partial charge on any atom is 0.425 e. The van der Waals surface area contributed by atoms with Crippen molar-refractivity contribution in [2.24, 2.45) is 0 Å². The van der Waals surface area contributed by atoms with Crippen molar-refractivity contribution < 1.29 is 12.6 Å². The highest BCUT2D eigenvalue weighted by Crippen LogP contribution is 2.14. The molecule has 0 aliphatic rings. The van der Waals surface area contributed by atoms with E-state index in [-0.39, 0.29) is 0 Å². The zero-order chi connectivity index (χ0) is 11.3. The van der Waals surface area contributed by atoms with Crippen LogP contribution in [0.5, 0.6) is 0 Å². The lowest BCUT2D eigenvalue weighted by molar-refractivity contribution is 0.559. The van der Waals surface area contributed by atoms with Crippen molar-refractivity contribution >= 4 is 21.4 Å². The van der Waals surface area contributed by atoms with Gasteiger partial charge in [-0.25, -0.2) is 0 Å². The Kier molecular flexibility index (Phi) is 4.00. The topological polar surface area (TPSA) is 51.2 Å². The van der Waals surface area contributed by atoms with Crippen LogP contribution in [0.25, 0.3) is 10.8 Å². The molecule has 3 nitrogen and oxygen atoms in total. The van der Waals surface area contributed by atoms with Crippen molar-refractivity contribution in [1.29, 1.82) is 0 Å². The molecule has 0 atom stereocenters. The first-order chi connectivity index (χ1) is 7.09. The number of aryl methyl sites for hydroxylation is 1. The van der Waals surface area contributed by atoms with Gasteiger partial charge < -0.3 is 0 Å². The van der Waals surface area contributed by atoms with Crippen molar-refractivity contribution in [2.75, 3.05) is 0 Å². The molecule has 0 N–H and O–H groups in total. The minimum atomic E-state index is -3.11. The molecule has 0 saturated heterocycles. The lowest BCUT2D eigenvalue weighted by Crippen LogP contribution is -1.73. The molecule has 0 heterocycles. The molecule has 2 rings (SSSR count). The molecule has 0 aliphatic heterocycles. The minimum absolute atomic E-state index is 1.32. The van der Waals surface area contributed by atoms with E-state index >= 15 is 0 Å². The Morgan fingerprint density at radius 1 is 0.867 bits per heavy atom. The Labute approximate surface area is 89.4 Å². The van der Waals surface area contributed by atoms with Crippen molar-refractivity contribution in [1.82, 2.24) is 0 Å². The molecule has 0 aliphatic carbocycles. The zero-order valence-electron chi connectivity index (χ0n) is 8.17. The van der Waals surface area contributed by atoms with Crippen molar-refractivity contribution in [2.45, 2.75) is 6.92 Å². The second kappa shape index (κ2) is 5.26. The Hall–Kier alpha value is -1.68. The second-order valence-electron chi connectivity index (χ2n) is 3.05.